The summed E-state index contributed by atoms with van der Waals surface area (Å²) in [6.45, 7) is 0.803. The Morgan fingerprint density at radius 3 is 2.79 bits per heavy atom. The number of fused-ring (bicyclic) bond motifs is 2. The van der Waals surface area contributed by atoms with Gasteiger partial charge in [0, 0.05) is 23.4 Å². The molecular formula is C24H20FN2O+. The molecule has 138 valence electrons. The molecule has 28 heavy (non-hydrogen) atoms. The molecule has 3 nitrogen and oxygen atoms in total. The molecule has 0 fully saturated rings. The van der Waals surface area contributed by atoms with E-state index >= 15 is 0 Å². The van der Waals surface area contributed by atoms with Crippen LogP contribution in [0.1, 0.15) is 33.9 Å². The maximum Gasteiger partial charge on any atom is 0.185 e. The van der Waals surface area contributed by atoms with Crippen LogP contribution in [0.3, 0.4) is 0 Å². The third-order valence-corrected chi connectivity index (χ3v) is 5.59. The molecule has 0 radical (unpaired) electrons. The maximum atomic E-state index is 13.7. The molecule has 2 aromatic heterocycles. The zero-order valence-electron chi connectivity index (χ0n) is 15.4. The van der Waals surface area contributed by atoms with Crippen LogP contribution in [-0.4, -0.2) is 10.4 Å². The molecule has 4 heteroatoms. The van der Waals surface area contributed by atoms with Gasteiger partial charge in [0.1, 0.15) is 5.82 Å². The van der Waals surface area contributed by atoms with Gasteiger partial charge in [-0.3, -0.25) is 4.79 Å². The number of aromatic nitrogens is 2. The summed E-state index contributed by atoms with van der Waals surface area (Å²) in [6, 6.07) is 18.7. The zero-order valence-corrected chi connectivity index (χ0v) is 15.4. The first-order valence-electron chi connectivity index (χ1n) is 9.55. The summed E-state index contributed by atoms with van der Waals surface area (Å²) in [4.78, 5) is 13.0. The third kappa shape index (κ3) is 2.91. The van der Waals surface area contributed by atoms with Gasteiger partial charge in [-0.05, 0) is 36.6 Å². The number of rotatable bonds is 3. The van der Waals surface area contributed by atoms with Crippen molar-refractivity contribution in [2.75, 3.05) is 0 Å². The molecule has 0 aliphatic heterocycles. The minimum absolute atomic E-state index is 0.000680. The van der Waals surface area contributed by atoms with Crippen molar-refractivity contribution in [2.45, 2.75) is 25.4 Å². The van der Waals surface area contributed by atoms with Crippen LogP contribution >= 0.6 is 0 Å². The predicted molar refractivity (Wildman–Crippen MR) is 106 cm³/mol. The average Bonchev–Trinajstić information content (AvgIpc) is 3.12. The second-order valence-electron chi connectivity index (χ2n) is 7.39. The molecule has 1 aliphatic carbocycles. The van der Waals surface area contributed by atoms with Gasteiger partial charge >= 0.3 is 0 Å². The van der Waals surface area contributed by atoms with Crippen LogP contribution in [0.25, 0.3) is 10.9 Å². The lowest BCUT2D eigenvalue weighted by Crippen LogP contribution is -2.33. The van der Waals surface area contributed by atoms with E-state index in [4.69, 9.17) is 0 Å². The van der Waals surface area contributed by atoms with Gasteiger partial charge in [0.15, 0.2) is 24.7 Å². The fourth-order valence-corrected chi connectivity index (χ4v) is 4.18. The molecule has 1 atom stereocenters. The highest BCUT2D eigenvalue weighted by Crippen LogP contribution is 2.32. The van der Waals surface area contributed by atoms with E-state index in [9.17, 15) is 9.18 Å². The SMILES string of the molecule is O=C1c2cc(F)ccc2CCC1n1ccc2c[n+](Cc3ccccc3)ccc21. The van der Waals surface area contributed by atoms with E-state index in [0.29, 0.717) is 5.56 Å². The Hall–Kier alpha value is -3.27. The number of Topliss-reactive ketones (excluding diaryl/α,β-unsaturated/α-hetero) is 1. The van der Waals surface area contributed by atoms with Crippen molar-refractivity contribution in [3.63, 3.8) is 0 Å². The number of benzene rings is 2. The number of hydrogen-bond donors (Lipinski definition) is 0. The minimum atomic E-state index is -0.355. The number of carbonyl (C=O) groups is 1. The van der Waals surface area contributed by atoms with Gasteiger partial charge in [-0.2, -0.15) is 0 Å². The number of pyridine rings is 1. The molecule has 5 rings (SSSR count). The van der Waals surface area contributed by atoms with Crippen molar-refractivity contribution in [2.24, 2.45) is 0 Å². The number of aryl methyl sites for hydroxylation is 1. The number of ketones is 1. The Balaban J connectivity index is 1.48. The highest BCUT2D eigenvalue weighted by molar-refractivity contribution is 6.02. The minimum Gasteiger partial charge on any atom is -0.336 e. The summed E-state index contributed by atoms with van der Waals surface area (Å²) in [5.74, 6) is -0.355. The van der Waals surface area contributed by atoms with E-state index in [2.05, 4.69) is 29.0 Å². The quantitative estimate of drug-likeness (QED) is 0.488. The lowest BCUT2D eigenvalue weighted by molar-refractivity contribution is -0.687. The molecular weight excluding hydrogens is 351 g/mol. The van der Waals surface area contributed by atoms with Crippen molar-refractivity contribution in [1.82, 2.24) is 4.57 Å². The molecule has 1 unspecified atom stereocenters. The van der Waals surface area contributed by atoms with Gasteiger partial charge in [-0.1, -0.05) is 36.4 Å². The largest absolute Gasteiger partial charge is 0.336 e. The van der Waals surface area contributed by atoms with Gasteiger partial charge in [-0.15, -0.1) is 0 Å². The standard InChI is InChI=1S/C24H20FN2O/c25-20-8-6-18-7-9-23(24(28)21(18)14-20)27-13-10-19-16-26(12-11-22(19)27)15-17-4-2-1-3-5-17/h1-6,8,10-14,16,23H,7,9,15H2/q+1. The Morgan fingerprint density at radius 2 is 1.93 bits per heavy atom. The van der Waals surface area contributed by atoms with Crippen LogP contribution < -0.4 is 4.57 Å². The highest BCUT2D eigenvalue weighted by atomic mass is 19.1. The lowest BCUT2D eigenvalue weighted by atomic mass is 9.87. The van der Waals surface area contributed by atoms with E-state index in [1.807, 2.05) is 41.2 Å². The molecule has 0 saturated heterocycles. The van der Waals surface area contributed by atoms with Crippen LogP contribution in [0.5, 0.6) is 0 Å². The van der Waals surface area contributed by atoms with E-state index in [1.54, 1.807) is 6.07 Å². The summed E-state index contributed by atoms with van der Waals surface area (Å²) in [7, 11) is 0. The fourth-order valence-electron chi connectivity index (χ4n) is 4.18. The summed E-state index contributed by atoms with van der Waals surface area (Å²) >= 11 is 0. The van der Waals surface area contributed by atoms with Gasteiger partial charge < -0.3 is 4.57 Å². The van der Waals surface area contributed by atoms with E-state index in [0.717, 1.165) is 35.9 Å². The van der Waals surface area contributed by atoms with Crippen molar-refractivity contribution < 1.29 is 13.8 Å². The Bertz CT molecular complexity index is 1180. The predicted octanol–water partition coefficient (Wildman–Crippen LogP) is 4.49. The first-order chi connectivity index (χ1) is 13.7. The second kappa shape index (κ2) is 6.71. The van der Waals surface area contributed by atoms with Crippen LogP contribution in [0, 0.1) is 5.82 Å². The summed E-state index contributed by atoms with van der Waals surface area (Å²) in [5, 5.41) is 1.09. The topological polar surface area (TPSA) is 25.9 Å². The fraction of sp³-hybridized carbons (Fsp3) is 0.167. The maximum absolute atomic E-state index is 13.7. The first-order valence-corrected chi connectivity index (χ1v) is 9.55. The summed E-state index contributed by atoms with van der Waals surface area (Å²) < 4.78 is 17.8. The van der Waals surface area contributed by atoms with Crippen LogP contribution in [-0.2, 0) is 13.0 Å². The molecule has 1 aliphatic rings. The Labute approximate surface area is 162 Å². The molecule has 4 aromatic rings. The molecule has 2 heterocycles. The van der Waals surface area contributed by atoms with Crippen molar-refractivity contribution in [3.8, 4) is 0 Å². The molecule has 0 amide bonds. The molecule has 0 saturated carbocycles. The van der Waals surface area contributed by atoms with Crippen LogP contribution in [0.2, 0.25) is 0 Å². The molecule has 2 aromatic carbocycles. The third-order valence-electron chi connectivity index (χ3n) is 5.59. The van der Waals surface area contributed by atoms with Gasteiger partial charge in [0.25, 0.3) is 0 Å². The van der Waals surface area contributed by atoms with Crippen molar-refractivity contribution in [1.29, 1.82) is 0 Å². The second-order valence-corrected chi connectivity index (χ2v) is 7.39. The average molecular weight is 371 g/mol. The molecule has 0 N–H and O–H groups in total. The smallest absolute Gasteiger partial charge is 0.185 e. The first kappa shape index (κ1) is 16.9. The van der Waals surface area contributed by atoms with Crippen molar-refractivity contribution in [3.05, 3.63) is 102 Å². The zero-order chi connectivity index (χ0) is 19.1. The lowest BCUT2D eigenvalue weighted by Gasteiger charge is -2.25. The van der Waals surface area contributed by atoms with E-state index in [-0.39, 0.29) is 17.6 Å². The number of halogens is 1. The van der Waals surface area contributed by atoms with E-state index in [1.165, 1.54) is 17.7 Å². The van der Waals surface area contributed by atoms with Gasteiger partial charge in [0.05, 0.1) is 16.9 Å². The number of hydrogen-bond acceptors (Lipinski definition) is 1. The molecule has 0 spiro atoms. The monoisotopic (exact) mass is 371 g/mol. The van der Waals surface area contributed by atoms with E-state index < -0.39 is 0 Å². The van der Waals surface area contributed by atoms with Gasteiger partial charge in [0.2, 0.25) is 0 Å². The number of carbonyl (C=O) groups excluding carboxylic acids is 1. The highest BCUT2D eigenvalue weighted by Gasteiger charge is 2.29. The Kier molecular flexibility index (Phi) is 4.05. The summed E-state index contributed by atoms with van der Waals surface area (Å²) in [6.07, 6.45) is 7.66. The Morgan fingerprint density at radius 1 is 1.07 bits per heavy atom. The van der Waals surface area contributed by atoms with Crippen LogP contribution in [0.4, 0.5) is 4.39 Å². The number of nitrogens with zero attached hydrogens (tertiary/aromatic N) is 2. The van der Waals surface area contributed by atoms with Crippen LogP contribution in [0.15, 0.2) is 79.3 Å². The normalized spacial score (nSPS) is 16.3. The van der Waals surface area contributed by atoms with Crippen molar-refractivity contribution >= 4 is 16.7 Å². The summed E-state index contributed by atoms with van der Waals surface area (Å²) in [5.41, 5.74) is 3.74. The molecule has 0 bridgehead atoms. The van der Waals surface area contributed by atoms with Gasteiger partial charge in [-0.25, -0.2) is 8.96 Å².